The van der Waals surface area contributed by atoms with Crippen LogP contribution in [-0.2, 0) is 5.66 Å². The van der Waals surface area contributed by atoms with Crippen LogP contribution in [0.5, 0.6) is 5.75 Å². The lowest BCUT2D eigenvalue weighted by atomic mass is 9.65. The molecule has 0 radical (unpaired) electrons. The largest absolute Gasteiger partial charge is 0.487 e. The van der Waals surface area contributed by atoms with Crippen molar-refractivity contribution in [2.45, 2.75) is 57.2 Å². The molecule has 0 bridgehead atoms. The van der Waals surface area contributed by atoms with E-state index < -0.39 is 22.9 Å². The van der Waals surface area contributed by atoms with Gasteiger partial charge in [-0.2, -0.15) is 5.26 Å². The Morgan fingerprint density at radius 3 is 2.05 bits per heavy atom. The van der Waals surface area contributed by atoms with E-state index in [0.29, 0.717) is 27.7 Å². The van der Waals surface area contributed by atoms with E-state index in [4.69, 9.17) is 16.3 Å². The van der Waals surface area contributed by atoms with Crippen molar-refractivity contribution in [3.05, 3.63) is 88.4 Å². The molecule has 192 valence electrons. The molecule has 1 fully saturated rings. The lowest BCUT2D eigenvalue weighted by Crippen LogP contribution is -2.59. The van der Waals surface area contributed by atoms with Crippen molar-refractivity contribution in [2.75, 3.05) is 10.6 Å². The third-order valence-electron chi connectivity index (χ3n) is 7.72. The molecule has 0 amide bonds. The van der Waals surface area contributed by atoms with Crippen molar-refractivity contribution in [3.8, 4) is 11.8 Å². The fourth-order valence-corrected chi connectivity index (χ4v) is 6.40. The van der Waals surface area contributed by atoms with Crippen LogP contribution in [0.15, 0.2) is 60.7 Å². The number of benzene rings is 3. The molecule has 2 N–H and O–H groups in total. The summed E-state index contributed by atoms with van der Waals surface area (Å²) in [7, 11) is 0. The van der Waals surface area contributed by atoms with Gasteiger partial charge in [0.1, 0.15) is 17.0 Å². The van der Waals surface area contributed by atoms with E-state index in [0.717, 1.165) is 31.2 Å². The molecule has 5 rings (SSSR count). The van der Waals surface area contributed by atoms with Crippen LogP contribution >= 0.6 is 11.6 Å². The average molecular weight is 522 g/mol. The first-order valence-electron chi connectivity index (χ1n) is 12.7. The van der Waals surface area contributed by atoms with Crippen LogP contribution in [0, 0.1) is 34.8 Å². The highest BCUT2D eigenvalue weighted by molar-refractivity contribution is 6.30. The molecule has 1 atom stereocenters. The first kappa shape index (κ1) is 25.4. The smallest absolute Gasteiger partial charge is 0.161 e. The molecule has 1 aliphatic carbocycles. The zero-order chi connectivity index (χ0) is 26.2. The Balaban J connectivity index is 1.64. The zero-order valence-electron chi connectivity index (χ0n) is 21.0. The predicted octanol–water partition coefficient (Wildman–Crippen LogP) is 8.23. The van der Waals surface area contributed by atoms with Gasteiger partial charge in [0.25, 0.3) is 0 Å². The zero-order valence-corrected chi connectivity index (χ0v) is 21.7. The van der Waals surface area contributed by atoms with Gasteiger partial charge in [0.05, 0.1) is 23.0 Å². The Morgan fingerprint density at radius 2 is 1.51 bits per heavy atom. The van der Waals surface area contributed by atoms with Crippen LogP contribution in [0.1, 0.15) is 57.1 Å². The van der Waals surface area contributed by atoms with Crippen LogP contribution in [0.4, 0.5) is 20.2 Å². The molecule has 1 aliphatic heterocycles. The van der Waals surface area contributed by atoms with E-state index in [1.54, 1.807) is 12.1 Å². The Kier molecular flexibility index (Phi) is 6.76. The van der Waals surface area contributed by atoms with Crippen molar-refractivity contribution in [3.63, 3.8) is 0 Å². The second-order valence-corrected chi connectivity index (χ2v) is 11.0. The molecule has 0 aromatic heterocycles. The van der Waals surface area contributed by atoms with Crippen molar-refractivity contribution in [1.29, 1.82) is 5.26 Å². The minimum Gasteiger partial charge on any atom is -0.487 e. The van der Waals surface area contributed by atoms with E-state index in [1.165, 1.54) is 18.6 Å². The molecule has 3 aromatic carbocycles. The number of nitrogens with zero attached hydrogens (tertiary/aromatic N) is 1. The van der Waals surface area contributed by atoms with Gasteiger partial charge in [-0.15, -0.1) is 0 Å². The summed E-state index contributed by atoms with van der Waals surface area (Å²) in [5.74, 6) is -1.04. The number of ether oxygens (including phenoxy) is 1. The van der Waals surface area contributed by atoms with Gasteiger partial charge in [-0.05, 0) is 74.6 Å². The third-order valence-corrected chi connectivity index (χ3v) is 7.98. The molecule has 1 heterocycles. The third kappa shape index (κ3) is 4.85. The van der Waals surface area contributed by atoms with Crippen LogP contribution in [0.3, 0.4) is 0 Å². The first-order chi connectivity index (χ1) is 17.7. The van der Waals surface area contributed by atoms with Gasteiger partial charge in [0.2, 0.25) is 0 Å². The molecule has 4 nitrogen and oxygen atoms in total. The van der Waals surface area contributed by atoms with Crippen molar-refractivity contribution in [2.24, 2.45) is 11.8 Å². The number of halogens is 3. The van der Waals surface area contributed by atoms with E-state index >= 15 is 0 Å². The van der Waals surface area contributed by atoms with Gasteiger partial charge >= 0.3 is 0 Å². The summed E-state index contributed by atoms with van der Waals surface area (Å²) in [4.78, 5) is 0. The number of hydrogen-bond acceptors (Lipinski definition) is 4. The molecule has 0 spiro atoms. The minimum absolute atomic E-state index is 0.157. The molecule has 1 unspecified atom stereocenters. The Labute approximate surface area is 221 Å². The SMILES string of the molecule is CC(C)(Oc1ccc(C#N)cc1)C(C1CCCCC1)C1(c2ccc(Cl)cc2)Nc2cc(F)c(F)cc2N1. The molecule has 3 aromatic rings. The molecular weight excluding hydrogens is 492 g/mol. The summed E-state index contributed by atoms with van der Waals surface area (Å²) < 4.78 is 35.3. The number of rotatable bonds is 6. The lowest BCUT2D eigenvalue weighted by molar-refractivity contribution is -0.0268. The number of nitriles is 1. The van der Waals surface area contributed by atoms with E-state index in [1.807, 2.05) is 36.4 Å². The molecule has 7 heteroatoms. The average Bonchev–Trinajstić information content (AvgIpc) is 3.23. The number of nitrogens with one attached hydrogen (secondary N) is 2. The fraction of sp³-hybridized carbons (Fsp3) is 0.367. The van der Waals surface area contributed by atoms with Crippen molar-refractivity contribution < 1.29 is 13.5 Å². The van der Waals surface area contributed by atoms with Crippen LogP contribution in [0.2, 0.25) is 5.02 Å². The van der Waals surface area contributed by atoms with Crippen LogP contribution in [-0.4, -0.2) is 5.60 Å². The number of hydrogen-bond donors (Lipinski definition) is 2. The monoisotopic (exact) mass is 521 g/mol. The van der Waals surface area contributed by atoms with Gasteiger partial charge in [0, 0.05) is 23.1 Å². The predicted molar refractivity (Wildman–Crippen MR) is 143 cm³/mol. The number of fused-ring (bicyclic) bond motifs is 1. The summed E-state index contributed by atoms with van der Waals surface area (Å²) in [5.41, 5.74) is 0.833. The summed E-state index contributed by atoms with van der Waals surface area (Å²) in [6.45, 7) is 4.13. The standard InChI is InChI=1S/C30H30ClF2N3O/c1-29(2,37-23-14-8-19(18-34)9-15-23)28(20-6-4-3-5-7-20)30(21-10-12-22(31)13-11-21)35-26-16-24(32)25(33)17-27(26)36-30/h8-17,20,28,35-36H,3-7H2,1-2H3. The molecule has 0 saturated heterocycles. The Bertz CT molecular complexity index is 1280. The Morgan fingerprint density at radius 1 is 0.946 bits per heavy atom. The van der Waals surface area contributed by atoms with E-state index in [9.17, 15) is 14.0 Å². The van der Waals surface area contributed by atoms with Crippen molar-refractivity contribution >= 4 is 23.0 Å². The highest BCUT2D eigenvalue weighted by Crippen LogP contribution is 2.53. The normalized spacial score (nSPS) is 17.7. The van der Waals surface area contributed by atoms with Gasteiger partial charge in [-0.3, -0.25) is 0 Å². The number of anilines is 2. The molecular formula is C30H30ClF2N3O. The molecule has 1 saturated carbocycles. The van der Waals surface area contributed by atoms with E-state index in [2.05, 4.69) is 30.6 Å². The highest BCUT2D eigenvalue weighted by Gasteiger charge is 2.55. The fourth-order valence-electron chi connectivity index (χ4n) is 6.28. The van der Waals surface area contributed by atoms with Gasteiger partial charge in [-0.25, -0.2) is 8.78 Å². The summed E-state index contributed by atoms with van der Waals surface area (Å²) in [6.07, 6.45) is 5.44. The first-order valence-corrected chi connectivity index (χ1v) is 13.1. The maximum absolute atomic E-state index is 14.3. The second-order valence-electron chi connectivity index (χ2n) is 10.6. The van der Waals surface area contributed by atoms with Gasteiger partial charge in [-0.1, -0.05) is 43.0 Å². The highest BCUT2D eigenvalue weighted by atomic mass is 35.5. The minimum atomic E-state index is -0.911. The van der Waals surface area contributed by atoms with Crippen molar-refractivity contribution in [1.82, 2.24) is 0 Å². The summed E-state index contributed by atoms with van der Waals surface area (Å²) in [6, 6.07) is 19.2. The molecule has 2 aliphatic rings. The van der Waals surface area contributed by atoms with Crippen LogP contribution < -0.4 is 15.4 Å². The van der Waals surface area contributed by atoms with E-state index in [-0.39, 0.29) is 11.8 Å². The quantitative estimate of drug-likeness (QED) is 0.343. The van der Waals surface area contributed by atoms with Crippen LogP contribution in [0.25, 0.3) is 0 Å². The maximum atomic E-state index is 14.3. The lowest BCUT2D eigenvalue weighted by Gasteiger charge is -2.51. The van der Waals surface area contributed by atoms with Gasteiger partial charge in [0.15, 0.2) is 11.6 Å². The maximum Gasteiger partial charge on any atom is 0.161 e. The Hall–Kier alpha value is -3.30. The topological polar surface area (TPSA) is 57.1 Å². The summed E-state index contributed by atoms with van der Waals surface area (Å²) >= 11 is 6.26. The molecule has 37 heavy (non-hydrogen) atoms. The second kappa shape index (κ2) is 9.87. The van der Waals surface area contributed by atoms with Gasteiger partial charge < -0.3 is 15.4 Å². The summed E-state index contributed by atoms with van der Waals surface area (Å²) in [5, 5.41) is 17.0.